The number of hydrogen-bond donors (Lipinski definition) is 1. The van der Waals surface area contributed by atoms with Gasteiger partial charge < -0.3 is 15.5 Å². The fourth-order valence-electron chi connectivity index (χ4n) is 2.41. The summed E-state index contributed by atoms with van der Waals surface area (Å²) in [5, 5.41) is 6.30. The molecule has 0 radical (unpaired) electrons. The van der Waals surface area contributed by atoms with Gasteiger partial charge in [0, 0.05) is 56.1 Å². The monoisotopic (exact) mass is 336 g/mol. The lowest BCUT2D eigenvalue weighted by Crippen LogP contribution is -2.51. The summed E-state index contributed by atoms with van der Waals surface area (Å²) in [4.78, 5) is 17.7. The lowest BCUT2D eigenvalue weighted by molar-refractivity contribution is 0.380. The van der Waals surface area contributed by atoms with E-state index in [9.17, 15) is 0 Å². The number of nitrogens with zero attached hydrogens (tertiary/aromatic N) is 5. The molecule has 2 N–H and O–H groups in total. The van der Waals surface area contributed by atoms with Gasteiger partial charge in [0.05, 0.1) is 10.7 Å². The Morgan fingerprint density at radius 3 is 2.77 bits per heavy atom. The predicted molar refractivity (Wildman–Crippen MR) is 92.9 cm³/mol. The van der Waals surface area contributed by atoms with E-state index in [0.29, 0.717) is 12.5 Å². The quantitative estimate of drug-likeness (QED) is 0.678. The van der Waals surface area contributed by atoms with E-state index in [0.717, 1.165) is 48.4 Å². The summed E-state index contributed by atoms with van der Waals surface area (Å²) < 4.78 is 0. The molecule has 2 aromatic heterocycles. The lowest BCUT2D eigenvalue weighted by Gasteiger charge is -2.35. The van der Waals surface area contributed by atoms with E-state index < -0.39 is 0 Å². The van der Waals surface area contributed by atoms with Crippen LogP contribution in [0.2, 0.25) is 0 Å². The van der Waals surface area contributed by atoms with Crippen LogP contribution < -0.4 is 10.6 Å². The smallest absolute Gasteiger partial charge is 0.191 e. The molecule has 2 aromatic rings. The first-order valence-corrected chi connectivity index (χ1v) is 9.08. The summed E-state index contributed by atoms with van der Waals surface area (Å²) in [5.74, 6) is 0.644. The van der Waals surface area contributed by atoms with E-state index >= 15 is 0 Å². The van der Waals surface area contributed by atoms with Gasteiger partial charge in [-0.05, 0) is 6.92 Å². The van der Waals surface area contributed by atoms with Crippen LogP contribution in [0.4, 0.5) is 5.13 Å². The SMILES string of the molecule is Cc1nc(CCN=C(N)N2CCN(c3nccs3)CC2)cs1. The Kier molecular flexibility index (Phi) is 4.89. The highest BCUT2D eigenvalue weighted by molar-refractivity contribution is 7.13. The van der Waals surface area contributed by atoms with Crippen LogP contribution in [0.5, 0.6) is 0 Å². The van der Waals surface area contributed by atoms with Gasteiger partial charge in [-0.2, -0.15) is 0 Å². The Bertz CT molecular complexity index is 613. The first kappa shape index (κ1) is 15.2. The van der Waals surface area contributed by atoms with E-state index in [2.05, 4.69) is 30.1 Å². The molecule has 0 atom stereocenters. The molecule has 8 heteroatoms. The summed E-state index contributed by atoms with van der Waals surface area (Å²) in [6.07, 6.45) is 2.70. The Morgan fingerprint density at radius 1 is 1.32 bits per heavy atom. The second-order valence-electron chi connectivity index (χ2n) is 5.14. The second-order valence-corrected chi connectivity index (χ2v) is 7.07. The Hall–Kier alpha value is -1.67. The first-order chi connectivity index (χ1) is 10.7. The summed E-state index contributed by atoms with van der Waals surface area (Å²) in [6, 6.07) is 0. The van der Waals surface area contributed by atoms with Crippen molar-refractivity contribution in [2.45, 2.75) is 13.3 Å². The number of nitrogens with two attached hydrogens (primary N) is 1. The van der Waals surface area contributed by atoms with Gasteiger partial charge in [0.1, 0.15) is 0 Å². The molecule has 0 amide bonds. The molecule has 3 heterocycles. The standard InChI is InChI=1S/C14H20N6S2/c1-11-18-12(10-22-11)2-3-16-13(15)19-5-7-20(8-6-19)14-17-4-9-21-14/h4,9-10H,2-3,5-8H2,1H3,(H2,15,16). The molecule has 3 rings (SSSR count). The van der Waals surface area contributed by atoms with Crippen molar-refractivity contribution >= 4 is 33.8 Å². The molecule has 0 aromatic carbocycles. The third-order valence-corrected chi connectivity index (χ3v) is 5.26. The summed E-state index contributed by atoms with van der Waals surface area (Å²) in [7, 11) is 0. The van der Waals surface area contributed by atoms with Crippen molar-refractivity contribution in [3.8, 4) is 0 Å². The molecule has 1 aliphatic rings. The van der Waals surface area contributed by atoms with Gasteiger partial charge in [0.15, 0.2) is 11.1 Å². The molecule has 0 saturated carbocycles. The third-order valence-electron chi connectivity index (χ3n) is 3.60. The van der Waals surface area contributed by atoms with Gasteiger partial charge in [-0.1, -0.05) is 0 Å². The fraction of sp³-hybridized carbons (Fsp3) is 0.500. The molecule has 1 aliphatic heterocycles. The zero-order chi connectivity index (χ0) is 15.4. The van der Waals surface area contributed by atoms with Crippen molar-refractivity contribution in [2.24, 2.45) is 10.7 Å². The topological polar surface area (TPSA) is 70.6 Å². The van der Waals surface area contributed by atoms with E-state index in [1.54, 1.807) is 22.7 Å². The maximum absolute atomic E-state index is 6.11. The molecule has 1 fully saturated rings. The number of rotatable bonds is 4. The molecule has 0 aliphatic carbocycles. The lowest BCUT2D eigenvalue weighted by atomic mass is 10.3. The van der Waals surface area contributed by atoms with Crippen molar-refractivity contribution in [3.63, 3.8) is 0 Å². The number of piperazine rings is 1. The molecule has 1 saturated heterocycles. The minimum absolute atomic E-state index is 0.644. The maximum atomic E-state index is 6.11. The molecule has 22 heavy (non-hydrogen) atoms. The number of anilines is 1. The van der Waals surface area contributed by atoms with Crippen molar-refractivity contribution in [1.29, 1.82) is 0 Å². The fourth-order valence-corrected chi connectivity index (χ4v) is 3.75. The Balaban J connectivity index is 1.46. The van der Waals surface area contributed by atoms with E-state index in [1.165, 1.54) is 0 Å². The van der Waals surface area contributed by atoms with Crippen molar-refractivity contribution in [3.05, 3.63) is 27.7 Å². The molecular weight excluding hydrogens is 316 g/mol. The van der Waals surface area contributed by atoms with Crippen molar-refractivity contribution < 1.29 is 0 Å². The van der Waals surface area contributed by atoms with Crippen molar-refractivity contribution in [2.75, 3.05) is 37.6 Å². The Morgan fingerprint density at radius 2 is 2.14 bits per heavy atom. The van der Waals surface area contributed by atoms with Crippen LogP contribution in [0.15, 0.2) is 21.9 Å². The number of aliphatic imine (C=N–C) groups is 1. The van der Waals surface area contributed by atoms with Gasteiger partial charge in [-0.15, -0.1) is 22.7 Å². The summed E-state index contributed by atoms with van der Waals surface area (Å²) in [6.45, 7) is 6.38. The summed E-state index contributed by atoms with van der Waals surface area (Å²) in [5.41, 5.74) is 7.21. The van der Waals surface area contributed by atoms with E-state index in [1.807, 2.05) is 18.5 Å². The van der Waals surface area contributed by atoms with Gasteiger partial charge >= 0.3 is 0 Å². The van der Waals surface area contributed by atoms with Gasteiger partial charge in [0.2, 0.25) is 0 Å². The van der Waals surface area contributed by atoms with Crippen LogP contribution >= 0.6 is 22.7 Å². The highest BCUT2D eigenvalue weighted by Crippen LogP contribution is 2.18. The normalized spacial score (nSPS) is 16.3. The van der Waals surface area contributed by atoms with Crippen LogP contribution in [0.3, 0.4) is 0 Å². The number of hydrogen-bond acceptors (Lipinski definition) is 6. The third kappa shape index (κ3) is 3.75. The second kappa shape index (κ2) is 7.06. The molecular formula is C14H20N6S2. The number of guanidine groups is 1. The van der Waals surface area contributed by atoms with Gasteiger partial charge in [-0.25, -0.2) is 9.97 Å². The highest BCUT2D eigenvalue weighted by atomic mass is 32.1. The van der Waals surface area contributed by atoms with Crippen LogP contribution in [0.25, 0.3) is 0 Å². The Labute approximate surface area is 138 Å². The van der Waals surface area contributed by atoms with Crippen LogP contribution in [-0.4, -0.2) is 53.6 Å². The predicted octanol–water partition coefficient (Wildman–Crippen LogP) is 1.59. The van der Waals surface area contributed by atoms with Crippen molar-refractivity contribution in [1.82, 2.24) is 14.9 Å². The van der Waals surface area contributed by atoms with Gasteiger partial charge in [0.25, 0.3) is 0 Å². The van der Waals surface area contributed by atoms with Crippen LogP contribution in [0, 0.1) is 6.92 Å². The molecule has 6 nitrogen and oxygen atoms in total. The zero-order valence-electron chi connectivity index (χ0n) is 12.6. The maximum Gasteiger partial charge on any atom is 0.191 e. The number of thiazole rings is 2. The molecule has 0 bridgehead atoms. The minimum atomic E-state index is 0.644. The average Bonchev–Trinajstić information content (AvgIpc) is 3.19. The largest absolute Gasteiger partial charge is 0.370 e. The number of aryl methyl sites for hydroxylation is 1. The number of aromatic nitrogens is 2. The molecule has 0 unspecified atom stereocenters. The van der Waals surface area contributed by atoms with E-state index in [4.69, 9.17) is 5.73 Å². The van der Waals surface area contributed by atoms with Crippen LogP contribution in [-0.2, 0) is 6.42 Å². The minimum Gasteiger partial charge on any atom is -0.370 e. The average molecular weight is 336 g/mol. The first-order valence-electron chi connectivity index (χ1n) is 7.32. The molecule has 0 spiro atoms. The van der Waals surface area contributed by atoms with Crippen LogP contribution in [0.1, 0.15) is 10.7 Å². The zero-order valence-corrected chi connectivity index (χ0v) is 14.2. The van der Waals surface area contributed by atoms with E-state index in [-0.39, 0.29) is 0 Å². The summed E-state index contributed by atoms with van der Waals surface area (Å²) >= 11 is 3.36. The van der Waals surface area contributed by atoms with Gasteiger partial charge in [-0.3, -0.25) is 4.99 Å². The highest BCUT2D eigenvalue weighted by Gasteiger charge is 2.19. The molecule has 118 valence electrons.